The van der Waals surface area contributed by atoms with Gasteiger partial charge in [0, 0.05) is 0 Å². The Morgan fingerprint density at radius 1 is 1.27 bits per heavy atom. The van der Waals surface area contributed by atoms with E-state index in [4.69, 9.17) is 9.47 Å². The molecule has 0 fully saturated rings. The van der Waals surface area contributed by atoms with Crippen molar-refractivity contribution in [2.24, 2.45) is 0 Å². The molecule has 15 heavy (non-hydrogen) atoms. The Balaban J connectivity index is 2.67. The molecule has 0 amide bonds. The van der Waals surface area contributed by atoms with E-state index < -0.39 is 12.1 Å². The molecule has 0 aliphatic rings. The highest BCUT2D eigenvalue weighted by atomic mass is 16.5. The fraction of sp³-hybridized carbons (Fsp3) is 0.364. The highest BCUT2D eigenvalue weighted by Crippen LogP contribution is 2.18. The van der Waals surface area contributed by atoms with E-state index in [1.54, 1.807) is 38.3 Å². The maximum Gasteiger partial charge on any atom is 0.395 e. The van der Waals surface area contributed by atoms with Crippen molar-refractivity contribution in [3.63, 3.8) is 0 Å². The van der Waals surface area contributed by atoms with Crippen LogP contribution >= 0.6 is 0 Å². The van der Waals surface area contributed by atoms with Crippen LogP contribution in [-0.2, 0) is 9.90 Å². The largest absolute Gasteiger partial charge is 0.497 e. The summed E-state index contributed by atoms with van der Waals surface area (Å²) < 4.78 is 10.2. The number of carbonyl (C=O) groups is 1. The molecule has 0 heterocycles. The van der Waals surface area contributed by atoms with Crippen molar-refractivity contribution in [2.75, 3.05) is 7.11 Å². The predicted molar refractivity (Wildman–Crippen MR) is 53.4 cm³/mol. The number of rotatable bonds is 5. The van der Waals surface area contributed by atoms with Crippen LogP contribution in [-0.4, -0.2) is 19.2 Å². The average molecular weight is 209 g/mol. The zero-order valence-corrected chi connectivity index (χ0v) is 8.73. The first-order valence-corrected chi connectivity index (χ1v) is 4.69. The summed E-state index contributed by atoms with van der Waals surface area (Å²) in [6, 6.07) is 6.73. The van der Waals surface area contributed by atoms with Crippen LogP contribution in [0.4, 0.5) is 0 Å². The SMILES string of the molecule is CCC(Oc1ccc(OC)cc1)C([O])=O. The minimum atomic E-state index is -1.20. The van der Waals surface area contributed by atoms with E-state index in [1.165, 1.54) is 0 Å². The molecule has 1 aromatic rings. The first-order valence-electron chi connectivity index (χ1n) is 4.69. The number of hydrogen-bond acceptors (Lipinski definition) is 3. The van der Waals surface area contributed by atoms with Crippen LogP contribution < -0.4 is 9.47 Å². The Hall–Kier alpha value is -1.71. The summed E-state index contributed by atoms with van der Waals surface area (Å²) in [5.74, 6) is -0.0102. The third kappa shape index (κ3) is 3.16. The van der Waals surface area contributed by atoms with Gasteiger partial charge >= 0.3 is 5.97 Å². The summed E-state index contributed by atoms with van der Waals surface area (Å²) in [7, 11) is 1.56. The fourth-order valence-electron chi connectivity index (χ4n) is 1.12. The Labute approximate surface area is 88.4 Å². The second-order valence-electron chi connectivity index (χ2n) is 3.01. The van der Waals surface area contributed by atoms with Gasteiger partial charge in [-0.2, -0.15) is 0 Å². The molecule has 4 nitrogen and oxygen atoms in total. The molecule has 0 saturated carbocycles. The van der Waals surface area contributed by atoms with Gasteiger partial charge in [-0.1, -0.05) is 6.92 Å². The van der Waals surface area contributed by atoms with Crippen LogP contribution in [0.15, 0.2) is 24.3 Å². The van der Waals surface area contributed by atoms with Crippen molar-refractivity contribution < 1.29 is 19.4 Å². The molecule has 4 heteroatoms. The van der Waals surface area contributed by atoms with Gasteiger partial charge in [0.15, 0.2) is 6.10 Å². The van der Waals surface area contributed by atoms with Crippen LogP contribution in [0.25, 0.3) is 0 Å². The summed E-state index contributed by atoms with van der Waals surface area (Å²) in [6.45, 7) is 1.73. The van der Waals surface area contributed by atoms with Crippen molar-refractivity contribution in [1.82, 2.24) is 0 Å². The number of benzene rings is 1. The topological polar surface area (TPSA) is 55.4 Å². The van der Waals surface area contributed by atoms with E-state index >= 15 is 0 Å². The molecule has 1 radical (unpaired) electrons. The average Bonchev–Trinajstić information content (AvgIpc) is 2.26. The van der Waals surface area contributed by atoms with Crippen LogP contribution in [0.5, 0.6) is 11.5 Å². The van der Waals surface area contributed by atoms with Gasteiger partial charge < -0.3 is 9.47 Å². The zero-order chi connectivity index (χ0) is 11.3. The molecule has 0 aliphatic heterocycles. The highest BCUT2D eigenvalue weighted by Gasteiger charge is 2.18. The van der Waals surface area contributed by atoms with Gasteiger partial charge in [0.2, 0.25) is 0 Å². The van der Waals surface area contributed by atoms with Crippen molar-refractivity contribution >= 4 is 5.97 Å². The van der Waals surface area contributed by atoms with Gasteiger partial charge in [-0.05, 0) is 30.7 Å². The molecule has 0 aliphatic carbocycles. The summed E-state index contributed by atoms with van der Waals surface area (Å²) in [4.78, 5) is 10.6. The lowest BCUT2D eigenvalue weighted by Gasteiger charge is -2.11. The maximum absolute atomic E-state index is 10.6. The van der Waals surface area contributed by atoms with E-state index in [-0.39, 0.29) is 0 Å². The fourth-order valence-corrected chi connectivity index (χ4v) is 1.12. The zero-order valence-electron chi connectivity index (χ0n) is 8.73. The first kappa shape index (κ1) is 11.4. The molecule has 0 aromatic heterocycles. The minimum Gasteiger partial charge on any atom is -0.497 e. The molecule has 1 aromatic carbocycles. The summed E-state index contributed by atoms with van der Waals surface area (Å²) in [6.07, 6.45) is -0.535. The molecule has 1 atom stereocenters. The monoisotopic (exact) mass is 209 g/mol. The van der Waals surface area contributed by atoms with Crippen molar-refractivity contribution in [1.29, 1.82) is 0 Å². The van der Waals surface area contributed by atoms with E-state index in [2.05, 4.69) is 0 Å². The Morgan fingerprint density at radius 3 is 2.20 bits per heavy atom. The van der Waals surface area contributed by atoms with E-state index in [1.807, 2.05) is 0 Å². The predicted octanol–water partition coefficient (Wildman–Crippen LogP) is 1.81. The lowest BCUT2D eigenvalue weighted by atomic mass is 10.2. The van der Waals surface area contributed by atoms with Crippen molar-refractivity contribution in [3.05, 3.63) is 24.3 Å². The lowest BCUT2D eigenvalue weighted by Crippen LogP contribution is -2.24. The molecule has 1 rings (SSSR count). The summed E-state index contributed by atoms with van der Waals surface area (Å²) >= 11 is 0. The van der Waals surface area contributed by atoms with Crippen molar-refractivity contribution in [3.8, 4) is 11.5 Å². The number of methoxy groups -OCH3 is 1. The second-order valence-corrected chi connectivity index (χ2v) is 3.01. The third-order valence-electron chi connectivity index (χ3n) is 1.97. The number of ether oxygens (including phenoxy) is 2. The van der Waals surface area contributed by atoms with Gasteiger partial charge in [-0.15, -0.1) is 0 Å². The molecule has 0 saturated heterocycles. The molecule has 1 unspecified atom stereocenters. The molecule has 0 N–H and O–H groups in total. The first-order chi connectivity index (χ1) is 7.17. The summed E-state index contributed by atoms with van der Waals surface area (Å²) in [5.41, 5.74) is 0. The van der Waals surface area contributed by atoms with Gasteiger partial charge in [-0.3, -0.25) is 0 Å². The molecule has 0 bridgehead atoms. The number of hydrogen-bond donors (Lipinski definition) is 0. The Kier molecular flexibility index (Phi) is 3.97. The molecular weight excluding hydrogens is 196 g/mol. The maximum atomic E-state index is 10.6. The second kappa shape index (κ2) is 5.24. The van der Waals surface area contributed by atoms with Crippen LogP contribution in [0.2, 0.25) is 0 Å². The quantitative estimate of drug-likeness (QED) is 0.743. The standard InChI is InChI=1S/C11H13O4/c1-3-10(11(12)13)15-9-6-4-8(14-2)5-7-9/h4-7,10H,3H2,1-2H3. The smallest absolute Gasteiger partial charge is 0.395 e. The Morgan fingerprint density at radius 2 is 1.80 bits per heavy atom. The molecular formula is C11H13O4. The Bertz CT molecular complexity index is 318. The normalized spacial score (nSPS) is 11.9. The van der Waals surface area contributed by atoms with Crippen LogP contribution in [0.1, 0.15) is 13.3 Å². The minimum absolute atomic E-state index is 0.369. The highest BCUT2D eigenvalue weighted by molar-refractivity contribution is 5.72. The third-order valence-corrected chi connectivity index (χ3v) is 1.97. The van der Waals surface area contributed by atoms with E-state index in [0.29, 0.717) is 17.9 Å². The molecule has 81 valence electrons. The van der Waals surface area contributed by atoms with Gasteiger partial charge in [0.1, 0.15) is 11.5 Å². The van der Waals surface area contributed by atoms with Gasteiger partial charge in [0.25, 0.3) is 0 Å². The van der Waals surface area contributed by atoms with Crippen LogP contribution in [0, 0.1) is 0 Å². The summed E-state index contributed by atoms with van der Waals surface area (Å²) in [5, 5.41) is 10.6. The van der Waals surface area contributed by atoms with Gasteiger partial charge in [0.05, 0.1) is 7.11 Å². The lowest BCUT2D eigenvalue weighted by molar-refractivity contribution is -0.151. The van der Waals surface area contributed by atoms with E-state index in [0.717, 1.165) is 0 Å². The van der Waals surface area contributed by atoms with Crippen LogP contribution in [0.3, 0.4) is 0 Å². The van der Waals surface area contributed by atoms with Crippen molar-refractivity contribution in [2.45, 2.75) is 19.4 Å². The molecule has 0 spiro atoms. The number of carbonyl (C=O) groups excluding carboxylic acids is 1. The van der Waals surface area contributed by atoms with Gasteiger partial charge in [-0.25, -0.2) is 9.90 Å². The van der Waals surface area contributed by atoms with E-state index in [9.17, 15) is 9.90 Å².